The molecule has 1 amide bonds. The molecule has 1 aromatic carbocycles. The van der Waals surface area contributed by atoms with Crippen molar-refractivity contribution in [3.63, 3.8) is 0 Å². The molecule has 6 nitrogen and oxygen atoms in total. The molecule has 0 radical (unpaired) electrons. The maximum Gasteiger partial charge on any atom is 0.218 e. The largest absolute Gasteiger partial charge is 0.448 e. The zero-order valence-electron chi connectivity index (χ0n) is 19.8. The Morgan fingerprint density at radius 1 is 1.22 bits per heavy atom. The molecule has 1 aromatic heterocycles. The number of nitrogens with two attached hydrogens (primary N) is 1. The SMILES string of the molecule is CC(C)NCc1coc(C(CCCC2CCCCC2)CC(N)=O)n1.OCc1ccccc1. The summed E-state index contributed by atoms with van der Waals surface area (Å²) in [5.74, 6) is 1.26. The first-order valence-corrected chi connectivity index (χ1v) is 12.1. The van der Waals surface area contributed by atoms with Crippen LogP contribution in [-0.4, -0.2) is 22.0 Å². The number of amides is 1. The number of carbonyl (C=O) groups excluding carboxylic acids is 1. The van der Waals surface area contributed by atoms with Crippen LogP contribution in [0.2, 0.25) is 0 Å². The van der Waals surface area contributed by atoms with E-state index in [4.69, 9.17) is 15.3 Å². The summed E-state index contributed by atoms with van der Waals surface area (Å²) in [4.78, 5) is 16.0. The second kappa shape index (κ2) is 14.8. The molecule has 3 rings (SSSR count). The van der Waals surface area contributed by atoms with E-state index in [1.54, 1.807) is 6.26 Å². The highest BCUT2D eigenvalue weighted by Gasteiger charge is 2.21. The van der Waals surface area contributed by atoms with Crippen LogP contribution in [0.3, 0.4) is 0 Å². The average Bonchev–Trinajstić information content (AvgIpc) is 3.27. The van der Waals surface area contributed by atoms with Crippen molar-refractivity contribution < 1.29 is 14.3 Å². The van der Waals surface area contributed by atoms with E-state index in [1.807, 2.05) is 30.3 Å². The van der Waals surface area contributed by atoms with Gasteiger partial charge in [0.1, 0.15) is 6.26 Å². The first-order chi connectivity index (χ1) is 15.5. The fraction of sp³-hybridized carbons (Fsp3) is 0.615. The molecule has 1 unspecified atom stereocenters. The molecule has 178 valence electrons. The Morgan fingerprint density at radius 2 is 1.94 bits per heavy atom. The van der Waals surface area contributed by atoms with E-state index in [1.165, 1.54) is 38.5 Å². The minimum Gasteiger partial charge on any atom is -0.448 e. The summed E-state index contributed by atoms with van der Waals surface area (Å²) in [6.07, 6.45) is 12.2. The lowest BCUT2D eigenvalue weighted by Gasteiger charge is -2.22. The third-order valence-electron chi connectivity index (χ3n) is 5.97. The quantitative estimate of drug-likeness (QED) is 0.450. The van der Waals surface area contributed by atoms with Crippen LogP contribution in [-0.2, 0) is 17.9 Å². The van der Waals surface area contributed by atoms with E-state index in [9.17, 15) is 4.79 Å². The zero-order valence-corrected chi connectivity index (χ0v) is 19.8. The lowest BCUT2D eigenvalue weighted by Crippen LogP contribution is -2.22. The topological polar surface area (TPSA) is 101 Å². The summed E-state index contributed by atoms with van der Waals surface area (Å²) in [5, 5.41) is 11.9. The van der Waals surface area contributed by atoms with Crippen LogP contribution < -0.4 is 11.1 Å². The number of benzene rings is 1. The van der Waals surface area contributed by atoms with Crippen molar-refractivity contribution in [1.82, 2.24) is 10.3 Å². The normalized spacial score (nSPS) is 15.2. The molecule has 1 aliphatic rings. The molecule has 6 heteroatoms. The minimum atomic E-state index is -0.280. The number of rotatable bonds is 11. The van der Waals surface area contributed by atoms with E-state index < -0.39 is 0 Å². The summed E-state index contributed by atoms with van der Waals surface area (Å²) in [5.41, 5.74) is 7.28. The number of carbonyl (C=O) groups is 1. The van der Waals surface area contributed by atoms with Gasteiger partial charge in [0.25, 0.3) is 0 Å². The van der Waals surface area contributed by atoms with Gasteiger partial charge >= 0.3 is 0 Å². The number of hydrogen-bond acceptors (Lipinski definition) is 5. The van der Waals surface area contributed by atoms with Crippen LogP contribution in [0, 0.1) is 5.92 Å². The van der Waals surface area contributed by atoms with Gasteiger partial charge in [-0.3, -0.25) is 4.79 Å². The van der Waals surface area contributed by atoms with Crippen molar-refractivity contribution in [2.24, 2.45) is 11.7 Å². The maximum atomic E-state index is 11.4. The number of nitrogens with zero attached hydrogens (tertiary/aromatic N) is 1. The zero-order chi connectivity index (χ0) is 23.2. The van der Waals surface area contributed by atoms with Crippen LogP contribution >= 0.6 is 0 Å². The van der Waals surface area contributed by atoms with E-state index in [-0.39, 0.29) is 18.4 Å². The van der Waals surface area contributed by atoms with E-state index in [2.05, 4.69) is 24.1 Å². The lowest BCUT2D eigenvalue weighted by molar-refractivity contribution is -0.118. The predicted molar refractivity (Wildman–Crippen MR) is 128 cm³/mol. The van der Waals surface area contributed by atoms with Gasteiger partial charge in [0.05, 0.1) is 12.3 Å². The van der Waals surface area contributed by atoms with Crippen molar-refractivity contribution in [1.29, 1.82) is 0 Å². The fourth-order valence-corrected chi connectivity index (χ4v) is 4.17. The van der Waals surface area contributed by atoms with Gasteiger partial charge < -0.3 is 20.6 Å². The highest BCUT2D eigenvalue weighted by molar-refractivity contribution is 5.74. The van der Waals surface area contributed by atoms with Crippen LogP contribution in [0.5, 0.6) is 0 Å². The summed E-state index contributed by atoms with van der Waals surface area (Å²) >= 11 is 0. The van der Waals surface area contributed by atoms with Crippen LogP contribution in [0.15, 0.2) is 41.0 Å². The van der Waals surface area contributed by atoms with Crippen molar-refractivity contribution in [2.45, 2.75) is 96.7 Å². The van der Waals surface area contributed by atoms with E-state index in [0.717, 1.165) is 30.0 Å². The number of aliphatic hydroxyl groups excluding tert-OH is 1. The third-order valence-corrected chi connectivity index (χ3v) is 5.97. The third kappa shape index (κ3) is 10.4. The Balaban J connectivity index is 0.000000380. The standard InChI is InChI=1S/C19H33N3O2.C7H8O/c1-14(2)21-12-17-13-24-19(22-17)16(11-18(20)23)10-6-9-15-7-4-3-5-8-15;8-6-7-4-2-1-3-5-7/h13-16,21H,3-12H2,1-2H3,(H2,20,23);1-5,8H,6H2. The van der Waals surface area contributed by atoms with Gasteiger partial charge in [0.2, 0.25) is 5.91 Å². The molecule has 0 aliphatic heterocycles. The molecular formula is C26H41N3O3. The molecule has 2 aromatic rings. The van der Waals surface area contributed by atoms with Crippen molar-refractivity contribution in [3.05, 3.63) is 53.7 Å². The maximum absolute atomic E-state index is 11.4. The van der Waals surface area contributed by atoms with Crippen molar-refractivity contribution in [3.8, 4) is 0 Å². The van der Waals surface area contributed by atoms with Gasteiger partial charge in [-0.05, 0) is 17.9 Å². The number of primary amides is 1. The first kappa shape index (κ1) is 26.1. The van der Waals surface area contributed by atoms with E-state index >= 15 is 0 Å². The van der Waals surface area contributed by atoms with Gasteiger partial charge in [-0.15, -0.1) is 0 Å². The monoisotopic (exact) mass is 443 g/mol. The lowest BCUT2D eigenvalue weighted by atomic mass is 9.84. The van der Waals surface area contributed by atoms with Crippen LogP contribution in [0.1, 0.15) is 94.7 Å². The molecular weight excluding hydrogens is 402 g/mol. The van der Waals surface area contributed by atoms with Crippen molar-refractivity contribution >= 4 is 5.91 Å². The first-order valence-electron chi connectivity index (χ1n) is 12.1. The number of aromatic nitrogens is 1. The van der Waals surface area contributed by atoms with Crippen LogP contribution in [0.4, 0.5) is 0 Å². The number of oxazole rings is 1. The molecule has 1 atom stereocenters. The fourth-order valence-electron chi connectivity index (χ4n) is 4.17. The molecule has 32 heavy (non-hydrogen) atoms. The Morgan fingerprint density at radius 3 is 2.53 bits per heavy atom. The van der Waals surface area contributed by atoms with Crippen molar-refractivity contribution in [2.75, 3.05) is 0 Å². The molecule has 4 N–H and O–H groups in total. The van der Waals surface area contributed by atoms with E-state index in [0.29, 0.717) is 24.9 Å². The minimum absolute atomic E-state index is 0.0129. The second-order valence-electron chi connectivity index (χ2n) is 9.16. The Labute approximate surface area is 193 Å². The molecule has 1 aliphatic carbocycles. The van der Waals surface area contributed by atoms with Gasteiger partial charge in [-0.25, -0.2) is 4.98 Å². The smallest absolute Gasteiger partial charge is 0.218 e. The molecule has 0 saturated heterocycles. The van der Waals surface area contributed by atoms with Crippen LogP contribution in [0.25, 0.3) is 0 Å². The van der Waals surface area contributed by atoms with Gasteiger partial charge in [0, 0.05) is 24.9 Å². The van der Waals surface area contributed by atoms with Gasteiger partial charge in [-0.2, -0.15) is 0 Å². The summed E-state index contributed by atoms with van der Waals surface area (Å²) in [7, 11) is 0. The second-order valence-corrected chi connectivity index (χ2v) is 9.16. The average molecular weight is 444 g/mol. The van der Waals surface area contributed by atoms with Gasteiger partial charge in [0.15, 0.2) is 5.89 Å². The number of nitrogens with one attached hydrogen (secondary N) is 1. The molecule has 1 saturated carbocycles. The highest BCUT2D eigenvalue weighted by Crippen LogP contribution is 2.31. The molecule has 1 heterocycles. The Bertz CT molecular complexity index is 755. The predicted octanol–water partition coefficient (Wildman–Crippen LogP) is 5.06. The Hall–Kier alpha value is -2.18. The molecule has 0 spiro atoms. The van der Waals surface area contributed by atoms with Gasteiger partial charge in [-0.1, -0.05) is 89.1 Å². The molecule has 1 fully saturated rings. The number of hydrogen-bond donors (Lipinski definition) is 3. The summed E-state index contributed by atoms with van der Waals surface area (Å²) in [6.45, 7) is 5.03. The summed E-state index contributed by atoms with van der Waals surface area (Å²) in [6, 6.07) is 9.93. The number of aliphatic hydroxyl groups is 1. The highest BCUT2D eigenvalue weighted by atomic mass is 16.3. The summed E-state index contributed by atoms with van der Waals surface area (Å²) < 4.78 is 5.64. The Kier molecular flexibility index (Phi) is 12.1. The molecule has 0 bridgehead atoms.